The molecule has 0 aliphatic rings. The monoisotopic (exact) mass is 386 g/mol. The number of aryl methyl sites for hydroxylation is 2. The summed E-state index contributed by atoms with van der Waals surface area (Å²) < 4.78 is 1.99. The fraction of sp³-hybridized carbons (Fsp3) is 0.217. The number of hydrogen-bond acceptors (Lipinski definition) is 2. The second-order valence-corrected chi connectivity index (χ2v) is 7.13. The summed E-state index contributed by atoms with van der Waals surface area (Å²) in [6.45, 7) is 5.42. The van der Waals surface area contributed by atoms with Crippen LogP contribution in [0.3, 0.4) is 0 Å². The van der Waals surface area contributed by atoms with Crippen LogP contribution < -0.4 is 10.6 Å². The van der Waals surface area contributed by atoms with Crippen molar-refractivity contribution in [3.05, 3.63) is 83.3 Å². The fourth-order valence-electron chi connectivity index (χ4n) is 3.55. The van der Waals surface area contributed by atoms with Gasteiger partial charge in [-0.05, 0) is 49.1 Å². The van der Waals surface area contributed by atoms with Gasteiger partial charge < -0.3 is 15.6 Å². The third kappa shape index (κ3) is 4.16. The number of nitrogens with one attached hydrogen (secondary N) is 3. The van der Waals surface area contributed by atoms with Crippen molar-refractivity contribution in [1.82, 2.24) is 25.4 Å². The molecule has 0 spiro atoms. The highest BCUT2D eigenvalue weighted by Crippen LogP contribution is 2.17. The molecule has 2 aromatic heterocycles. The van der Waals surface area contributed by atoms with Gasteiger partial charge in [0.25, 0.3) is 0 Å². The van der Waals surface area contributed by atoms with E-state index in [9.17, 15) is 0 Å². The van der Waals surface area contributed by atoms with E-state index in [1.165, 1.54) is 5.39 Å². The molecule has 2 heterocycles. The molecular weight excluding hydrogens is 360 g/mol. The zero-order valence-corrected chi connectivity index (χ0v) is 17.0. The molecule has 29 heavy (non-hydrogen) atoms. The Balaban J connectivity index is 1.43. The van der Waals surface area contributed by atoms with Gasteiger partial charge in [-0.25, -0.2) is 4.68 Å². The number of aromatic amines is 1. The van der Waals surface area contributed by atoms with E-state index in [1.54, 1.807) is 7.05 Å². The fourth-order valence-corrected chi connectivity index (χ4v) is 3.55. The number of H-pyrrole nitrogens is 1. The molecule has 6 heteroatoms. The molecule has 0 bridgehead atoms. The molecule has 4 aromatic rings. The lowest BCUT2D eigenvalue weighted by molar-refractivity contribution is 0.777. The quantitative estimate of drug-likeness (QED) is 0.361. The summed E-state index contributed by atoms with van der Waals surface area (Å²) in [5.41, 5.74) is 6.64. The van der Waals surface area contributed by atoms with Crippen molar-refractivity contribution < 1.29 is 0 Å². The minimum Gasteiger partial charge on any atom is -0.357 e. The van der Waals surface area contributed by atoms with Gasteiger partial charge in [0.15, 0.2) is 5.96 Å². The third-order valence-electron chi connectivity index (χ3n) is 4.93. The molecule has 4 rings (SSSR count). The summed E-state index contributed by atoms with van der Waals surface area (Å²) in [5, 5.41) is 12.6. The van der Waals surface area contributed by atoms with E-state index < -0.39 is 0 Å². The maximum Gasteiger partial charge on any atom is 0.191 e. The number of aliphatic imine (C=N–C) groups is 1. The van der Waals surface area contributed by atoms with Crippen LogP contribution in [0.2, 0.25) is 0 Å². The largest absolute Gasteiger partial charge is 0.357 e. The number of benzene rings is 2. The molecule has 0 fully saturated rings. The van der Waals surface area contributed by atoms with Crippen LogP contribution in [0.15, 0.2) is 65.7 Å². The Morgan fingerprint density at radius 3 is 2.52 bits per heavy atom. The van der Waals surface area contributed by atoms with Crippen LogP contribution in [0, 0.1) is 13.8 Å². The number of nitrogens with zero attached hydrogens (tertiary/aromatic N) is 3. The highest BCUT2D eigenvalue weighted by Gasteiger charge is 2.09. The van der Waals surface area contributed by atoms with E-state index in [1.807, 2.05) is 35.9 Å². The minimum absolute atomic E-state index is 0.654. The molecule has 6 nitrogen and oxygen atoms in total. The van der Waals surface area contributed by atoms with Gasteiger partial charge in [0, 0.05) is 30.5 Å². The van der Waals surface area contributed by atoms with Gasteiger partial charge in [0.2, 0.25) is 0 Å². The number of fused-ring (bicyclic) bond motifs is 1. The van der Waals surface area contributed by atoms with Gasteiger partial charge in [-0.15, -0.1) is 0 Å². The van der Waals surface area contributed by atoms with E-state index in [0.29, 0.717) is 13.1 Å². The normalized spacial score (nSPS) is 11.8. The topological polar surface area (TPSA) is 70.0 Å². The lowest BCUT2D eigenvalue weighted by atomic mass is 10.1. The molecule has 0 amide bonds. The first-order valence-electron chi connectivity index (χ1n) is 9.77. The first-order chi connectivity index (χ1) is 14.1. The molecule has 0 aliphatic heterocycles. The molecule has 0 aliphatic carbocycles. The van der Waals surface area contributed by atoms with Gasteiger partial charge in [-0.3, -0.25) is 4.99 Å². The number of aromatic nitrogens is 3. The molecule has 0 atom stereocenters. The zero-order chi connectivity index (χ0) is 20.2. The summed E-state index contributed by atoms with van der Waals surface area (Å²) in [7, 11) is 1.79. The Kier molecular flexibility index (Phi) is 5.33. The van der Waals surface area contributed by atoms with Crippen LogP contribution in [0.5, 0.6) is 0 Å². The van der Waals surface area contributed by atoms with Crippen LogP contribution in [0.25, 0.3) is 16.6 Å². The summed E-state index contributed by atoms with van der Waals surface area (Å²) in [6, 6.07) is 20.8. The standard InChI is InChI=1S/C23H26N6/c1-16-12-17(2)29(28-16)22-11-7-5-9-19(22)14-25-23(24-3)26-15-20-13-18-8-4-6-10-21(18)27-20/h4-13,27H,14-15H2,1-3H3,(H2,24,25,26). The van der Waals surface area contributed by atoms with Crippen molar-refractivity contribution in [1.29, 1.82) is 0 Å². The average molecular weight is 387 g/mol. The Hall–Kier alpha value is -3.54. The lowest BCUT2D eigenvalue weighted by Crippen LogP contribution is -2.36. The highest BCUT2D eigenvalue weighted by atomic mass is 15.3. The van der Waals surface area contributed by atoms with Crippen molar-refractivity contribution >= 4 is 16.9 Å². The van der Waals surface area contributed by atoms with Crippen LogP contribution in [0.1, 0.15) is 22.6 Å². The van der Waals surface area contributed by atoms with Crippen LogP contribution >= 0.6 is 0 Å². The molecular formula is C23H26N6. The van der Waals surface area contributed by atoms with E-state index >= 15 is 0 Å². The smallest absolute Gasteiger partial charge is 0.191 e. The number of guanidine groups is 1. The summed E-state index contributed by atoms with van der Waals surface area (Å²) in [6.07, 6.45) is 0. The van der Waals surface area contributed by atoms with E-state index in [0.717, 1.165) is 39.8 Å². The molecule has 0 unspecified atom stereocenters. The first kappa shape index (κ1) is 18.8. The Morgan fingerprint density at radius 2 is 1.76 bits per heavy atom. The number of para-hydroxylation sites is 2. The van der Waals surface area contributed by atoms with Gasteiger partial charge >= 0.3 is 0 Å². The van der Waals surface area contributed by atoms with Crippen molar-refractivity contribution in [3.8, 4) is 5.69 Å². The van der Waals surface area contributed by atoms with Gasteiger partial charge in [-0.1, -0.05) is 36.4 Å². The maximum atomic E-state index is 4.62. The number of rotatable bonds is 5. The predicted molar refractivity (Wildman–Crippen MR) is 118 cm³/mol. The SMILES string of the molecule is CN=C(NCc1cc2ccccc2[nH]1)NCc1ccccc1-n1nc(C)cc1C. The van der Waals surface area contributed by atoms with Gasteiger partial charge in [0.05, 0.1) is 17.9 Å². The second-order valence-electron chi connectivity index (χ2n) is 7.13. The summed E-state index contributed by atoms with van der Waals surface area (Å²) in [4.78, 5) is 7.79. The molecule has 2 aromatic carbocycles. The highest BCUT2D eigenvalue weighted by molar-refractivity contribution is 5.81. The van der Waals surface area contributed by atoms with Crippen molar-refractivity contribution in [2.75, 3.05) is 7.05 Å². The molecule has 0 saturated carbocycles. The first-order valence-corrected chi connectivity index (χ1v) is 9.77. The van der Waals surface area contributed by atoms with Crippen LogP contribution in [0.4, 0.5) is 0 Å². The number of hydrogen-bond donors (Lipinski definition) is 3. The molecule has 0 saturated heterocycles. The van der Waals surface area contributed by atoms with Crippen molar-refractivity contribution in [3.63, 3.8) is 0 Å². The summed E-state index contributed by atoms with van der Waals surface area (Å²) >= 11 is 0. The van der Waals surface area contributed by atoms with Crippen molar-refractivity contribution in [2.24, 2.45) is 4.99 Å². The van der Waals surface area contributed by atoms with E-state index in [-0.39, 0.29) is 0 Å². The second kappa shape index (κ2) is 8.22. The predicted octanol–water partition coefficient (Wildman–Crippen LogP) is 3.84. The molecule has 148 valence electrons. The van der Waals surface area contributed by atoms with Gasteiger partial charge in [-0.2, -0.15) is 5.10 Å². The Labute approximate surface area is 170 Å². The lowest BCUT2D eigenvalue weighted by Gasteiger charge is -2.15. The third-order valence-corrected chi connectivity index (χ3v) is 4.93. The van der Waals surface area contributed by atoms with Crippen molar-refractivity contribution in [2.45, 2.75) is 26.9 Å². The Morgan fingerprint density at radius 1 is 1.00 bits per heavy atom. The van der Waals surface area contributed by atoms with Crippen LogP contribution in [-0.4, -0.2) is 27.8 Å². The Bertz CT molecular complexity index is 1120. The van der Waals surface area contributed by atoms with Crippen LogP contribution in [-0.2, 0) is 13.1 Å². The molecule has 0 radical (unpaired) electrons. The maximum absolute atomic E-state index is 4.62. The van der Waals surface area contributed by atoms with E-state index in [4.69, 9.17) is 0 Å². The van der Waals surface area contributed by atoms with E-state index in [2.05, 4.69) is 69.0 Å². The zero-order valence-electron chi connectivity index (χ0n) is 17.0. The average Bonchev–Trinajstić information content (AvgIpc) is 3.30. The summed E-state index contributed by atoms with van der Waals surface area (Å²) in [5.74, 6) is 0.756. The minimum atomic E-state index is 0.654. The van der Waals surface area contributed by atoms with Gasteiger partial charge in [0.1, 0.15) is 0 Å². The molecule has 3 N–H and O–H groups in total.